The second-order valence-electron chi connectivity index (χ2n) is 3.94. The first-order chi connectivity index (χ1) is 7.75. The molecule has 1 N–H and O–H groups in total. The van der Waals surface area contributed by atoms with Crippen molar-refractivity contribution in [3.8, 4) is 0 Å². The zero-order valence-corrected chi connectivity index (χ0v) is 9.31. The maximum absolute atomic E-state index is 11.6. The van der Waals surface area contributed by atoms with E-state index < -0.39 is 0 Å². The number of carbonyl (C=O) groups excluding carboxylic acids is 1. The van der Waals surface area contributed by atoms with Crippen molar-refractivity contribution in [2.45, 2.75) is 6.10 Å². The molecule has 0 radical (unpaired) electrons. The average molecular weight is 224 g/mol. The van der Waals surface area contributed by atoms with Crippen LogP contribution in [0.1, 0.15) is 10.6 Å². The second-order valence-corrected chi connectivity index (χ2v) is 3.94. The van der Waals surface area contributed by atoms with E-state index in [1.165, 1.54) is 6.26 Å². The summed E-state index contributed by atoms with van der Waals surface area (Å²) in [4.78, 5) is 13.7. The van der Waals surface area contributed by atoms with Gasteiger partial charge in [-0.3, -0.25) is 4.79 Å². The van der Waals surface area contributed by atoms with Gasteiger partial charge in [0.15, 0.2) is 5.76 Å². The van der Waals surface area contributed by atoms with Crippen molar-refractivity contribution in [1.82, 2.24) is 10.2 Å². The molecule has 2 rings (SSSR count). The highest BCUT2D eigenvalue weighted by Gasteiger charge is 2.18. The van der Waals surface area contributed by atoms with Crippen LogP contribution in [-0.2, 0) is 4.74 Å². The molecule has 1 aromatic heterocycles. The fourth-order valence-electron chi connectivity index (χ4n) is 1.69. The molecule has 5 nitrogen and oxygen atoms in total. The van der Waals surface area contributed by atoms with E-state index in [9.17, 15) is 4.79 Å². The number of likely N-dealkylation sites (N-methyl/N-ethyl adjacent to an activating group) is 1. The molecule has 5 heteroatoms. The summed E-state index contributed by atoms with van der Waals surface area (Å²) >= 11 is 0. The Kier molecular flexibility index (Phi) is 3.58. The average Bonchev–Trinajstić information content (AvgIpc) is 2.79. The Balaban J connectivity index is 1.77. The lowest BCUT2D eigenvalue weighted by Crippen LogP contribution is -2.45. The highest BCUT2D eigenvalue weighted by molar-refractivity contribution is 5.91. The summed E-state index contributed by atoms with van der Waals surface area (Å²) in [7, 11) is 2.05. The van der Waals surface area contributed by atoms with E-state index in [0.717, 1.165) is 19.7 Å². The third-order valence-electron chi connectivity index (χ3n) is 2.58. The summed E-state index contributed by atoms with van der Waals surface area (Å²) < 4.78 is 10.5. The predicted octanol–water partition coefficient (Wildman–Crippen LogP) is 0.340. The van der Waals surface area contributed by atoms with Gasteiger partial charge in [0.2, 0.25) is 0 Å². The molecule has 88 valence electrons. The van der Waals surface area contributed by atoms with E-state index in [0.29, 0.717) is 12.3 Å². The molecule has 1 saturated heterocycles. The summed E-state index contributed by atoms with van der Waals surface area (Å²) in [5.74, 6) is 0.144. The number of nitrogens with one attached hydrogen (secondary N) is 1. The van der Waals surface area contributed by atoms with Crippen LogP contribution in [0.5, 0.6) is 0 Å². The number of amides is 1. The zero-order chi connectivity index (χ0) is 11.4. The summed E-state index contributed by atoms with van der Waals surface area (Å²) in [6, 6.07) is 3.34. The number of ether oxygens (including phenoxy) is 1. The SMILES string of the molecule is CN1CCOC(CNC(=O)c2ccco2)C1. The molecule has 1 amide bonds. The maximum Gasteiger partial charge on any atom is 0.287 e. The fraction of sp³-hybridized carbons (Fsp3) is 0.545. The monoisotopic (exact) mass is 224 g/mol. The van der Waals surface area contributed by atoms with Crippen LogP contribution in [0.15, 0.2) is 22.8 Å². The van der Waals surface area contributed by atoms with Gasteiger partial charge in [0.1, 0.15) is 0 Å². The molecule has 1 aliphatic heterocycles. The van der Waals surface area contributed by atoms with Crippen LogP contribution in [-0.4, -0.2) is 50.2 Å². The van der Waals surface area contributed by atoms with Crippen LogP contribution >= 0.6 is 0 Å². The Morgan fingerprint density at radius 1 is 1.69 bits per heavy atom. The van der Waals surface area contributed by atoms with Crippen molar-refractivity contribution >= 4 is 5.91 Å². The zero-order valence-electron chi connectivity index (χ0n) is 9.31. The Labute approximate surface area is 94.4 Å². The van der Waals surface area contributed by atoms with Crippen molar-refractivity contribution in [1.29, 1.82) is 0 Å². The van der Waals surface area contributed by atoms with Crippen LogP contribution in [0.25, 0.3) is 0 Å². The number of morpholine rings is 1. The topological polar surface area (TPSA) is 54.7 Å². The van der Waals surface area contributed by atoms with E-state index in [1.54, 1.807) is 12.1 Å². The first kappa shape index (κ1) is 11.2. The summed E-state index contributed by atoms with van der Waals surface area (Å²) in [6.07, 6.45) is 1.55. The lowest BCUT2D eigenvalue weighted by Gasteiger charge is -2.29. The molecule has 1 fully saturated rings. The van der Waals surface area contributed by atoms with Gasteiger partial charge in [-0.2, -0.15) is 0 Å². The predicted molar refractivity (Wildman–Crippen MR) is 58.3 cm³/mol. The number of rotatable bonds is 3. The Bertz CT molecular complexity index is 337. The number of hydrogen-bond acceptors (Lipinski definition) is 4. The van der Waals surface area contributed by atoms with Crippen molar-refractivity contribution in [2.24, 2.45) is 0 Å². The number of furan rings is 1. The summed E-state index contributed by atoms with van der Waals surface area (Å²) in [5, 5.41) is 2.79. The van der Waals surface area contributed by atoms with E-state index >= 15 is 0 Å². The summed E-state index contributed by atoms with van der Waals surface area (Å²) in [5.41, 5.74) is 0. The van der Waals surface area contributed by atoms with Gasteiger partial charge >= 0.3 is 0 Å². The second kappa shape index (κ2) is 5.14. The molecule has 1 aliphatic rings. The smallest absolute Gasteiger partial charge is 0.287 e. The van der Waals surface area contributed by atoms with Crippen LogP contribution in [0.3, 0.4) is 0 Å². The number of carbonyl (C=O) groups is 1. The minimum Gasteiger partial charge on any atom is -0.459 e. The molecule has 16 heavy (non-hydrogen) atoms. The van der Waals surface area contributed by atoms with Gasteiger partial charge in [-0.05, 0) is 19.2 Å². The van der Waals surface area contributed by atoms with Gasteiger partial charge in [0, 0.05) is 19.6 Å². The standard InChI is InChI=1S/C11H16N2O3/c1-13-4-6-15-9(8-13)7-12-11(14)10-3-2-5-16-10/h2-3,5,9H,4,6-8H2,1H3,(H,12,14). The Morgan fingerprint density at radius 2 is 2.56 bits per heavy atom. The lowest BCUT2D eigenvalue weighted by molar-refractivity contribution is -0.0175. The maximum atomic E-state index is 11.6. The minimum absolute atomic E-state index is 0.0673. The van der Waals surface area contributed by atoms with Crippen LogP contribution < -0.4 is 5.32 Å². The molecular formula is C11H16N2O3. The minimum atomic E-state index is -0.193. The molecule has 1 aromatic rings. The van der Waals surface area contributed by atoms with E-state index in [4.69, 9.17) is 9.15 Å². The van der Waals surface area contributed by atoms with E-state index in [1.807, 2.05) is 7.05 Å². The molecule has 0 bridgehead atoms. The third kappa shape index (κ3) is 2.84. The number of hydrogen-bond donors (Lipinski definition) is 1. The molecular weight excluding hydrogens is 208 g/mol. The molecule has 1 atom stereocenters. The Hall–Kier alpha value is -1.33. The van der Waals surface area contributed by atoms with Crippen LogP contribution in [0.2, 0.25) is 0 Å². The highest BCUT2D eigenvalue weighted by Crippen LogP contribution is 2.03. The first-order valence-electron chi connectivity index (χ1n) is 5.37. The van der Waals surface area contributed by atoms with Gasteiger partial charge in [-0.1, -0.05) is 0 Å². The normalized spacial score (nSPS) is 21.9. The first-order valence-corrected chi connectivity index (χ1v) is 5.37. The quantitative estimate of drug-likeness (QED) is 0.804. The van der Waals surface area contributed by atoms with Gasteiger partial charge < -0.3 is 19.4 Å². The lowest BCUT2D eigenvalue weighted by atomic mass is 10.3. The molecule has 0 aromatic carbocycles. The van der Waals surface area contributed by atoms with E-state index in [2.05, 4.69) is 10.2 Å². The molecule has 2 heterocycles. The van der Waals surface area contributed by atoms with Gasteiger partial charge in [0.25, 0.3) is 5.91 Å². The molecule has 1 unspecified atom stereocenters. The highest BCUT2D eigenvalue weighted by atomic mass is 16.5. The molecule has 0 spiro atoms. The third-order valence-corrected chi connectivity index (χ3v) is 2.58. The van der Waals surface area contributed by atoms with Crippen molar-refractivity contribution in [2.75, 3.05) is 33.3 Å². The number of nitrogens with zero attached hydrogens (tertiary/aromatic N) is 1. The van der Waals surface area contributed by atoms with Crippen molar-refractivity contribution in [3.05, 3.63) is 24.2 Å². The van der Waals surface area contributed by atoms with Gasteiger partial charge in [-0.15, -0.1) is 0 Å². The molecule has 0 saturated carbocycles. The molecule has 0 aliphatic carbocycles. The van der Waals surface area contributed by atoms with Gasteiger partial charge in [-0.25, -0.2) is 0 Å². The Morgan fingerprint density at radius 3 is 3.25 bits per heavy atom. The fourth-order valence-corrected chi connectivity index (χ4v) is 1.69. The van der Waals surface area contributed by atoms with Crippen molar-refractivity contribution < 1.29 is 13.9 Å². The largest absolute Gasteiger partial charge is 0.459 e. The summed E-state index contributed by atoms with van der Waals surface area (Å²) in [6.45, 7) is 3.03. The van der Waals surface area contributed by atoms with Crippen molar-refractivity contribution in [3.63, 3.8) is 0 Å². The van der Waals surface area contributed by atoms with Gasteiger partial charge in [0.05, 0.1) is 19.0 Å². The van der Waals surface area contributed by atoms with E-state index in [-0.39, 0.29) is 12.0 Å². The van der Waals surface area contributed by atoms with Crippen LogP contribution in [0.4, 0.5) is 0 Å². The van der Waals surface area contributed by atoms with Crippen LogP contribution in [0, 0.1) is 0 Å².